The molecule has 0 aliphatic heterocycles. The average Bonchev–Trinajstić information content (AvgIpc) is 3.21. The number of nitrogens with two attached hydrogens (primary N) is 2. The van der Waals surface area contributed by atoms with Crippen LogP contribution in [0.25, 0.3) is 0 Å². The van der Waals surface area contributed by atoms with E-state index in [2.05, 4.69) is 15.7 Å². The highest BCUT2D eigenvalue weighted by atomic mass is 35.5. The van der Waals surface area contributed by atoms with Gasteiger partial charge in [-0.25, -0.2) is 4.39 Å². The van der Waals surface area contributed by atoms with Crippen LogP contribution in [-0.2, 0) is 5.54 Å². The number of nitrogens with zero attached hydrogens (tertiary/aromatic N) is 2. The second-order valence-corrected chi connectivity index (χ2v) is 8.63. The molecular weight excluding hydrogens is 431 g/mol. The predicted octanol–water partition coefficient (Wildman–Crippen LogP) is 4.23. The van der Waals surface area contributed by atoms with Crippen LogP contribution in [0.3, 0.4) is 0 Å². The largest absolute Gasteiger partial charge is 0.382 e. The van der Waals surface area contributed by atoms with Crippen LogP contribution in [0.15, 0.2) is 54.7 Å². The van der Waals surface area contributed by atoms with Crippen LogP contribution in [0.4, 0.5) is 21.6 Å². The Balaban J connectivity index is 1.52. The highest BCUT2D eigenvalue weighted by molar-refractivity contribution is 6.30. The van der Waals surface area contributed by atoms with Crippen molar-refractivity contribution in [1.29, 1.82) is 0 Å². The zero-order valence-corrected chi connectivity index (χ0v) is 18.3. The molecule has 168 valence electrons. The lowest BCUT2D eigenvalue weighted by molar-refractivity contribution is 0.100. The molecular formula is C23H26ClFN6O. The molecule has 0 atom stereocenters. The van der Waals surface area contributed by atoms with Crippen LogP contribution >= 0.6 is 11.6 Å². The van der Waals surface area contributed by atoms with Gasteiger partial charge in [-0.2, -0.15) is 5.10 Å². The number of halogens is 2. The minimum atomic E-state index is -0.593. The van der Waals surface area contributed by atoms with Crippen molar-refractivity contribution in [2.24, 2.45) is 11.5 Å². The topological polar surface area (TPSA) is 111 Å². The number of carbonyl (C=O) groups excluding carboxylic acids is 1. The van der Waals surface area contributed by atoms with Crippen molar-refractivity contribution in [3.8, 4) is 0 Å². The van der Waals surface area contributed by atoms with Crippen LogP contribution in [-0.4, -0.2) is 28.3 Å². The first-order valence-electron chi connectivity index (χ1n) is 10.5. The summed E-state index contributed by atoms with van der Waals surface area (Å²) < 4.78 is 15.0. The van der Waals surface area contributed by atoms with Crippen molar-refractivity contribution in [2.75, 3.05) is 17.2 Å². The van der Waals surface area contributed by atoms with Gasteiger partial charge in [0, 0.05) is 35.2 Å². The van der Waals surface area contributed by atoms with Crippen molar-refractivity contribution in [3.63, 3.8) is 0 Å². The lowest BCUT2D eigenvalue weighted by atomic mass is 9.79. The fourth-order valence-electron chi connectivity index (χ4n) is 4.20. The van der Waals surface area contributed by atoms with Gasteiger partial charge in [0.1, 0.15) is 11.4 Å². The van der Waals surface area contributed by atoms with Gasteiger partial charge in [-0.3, -0.25) is 9.48 Å². The monoisotopic (exact) mass is 456 g/mol. The van der Waals surface area contributed by atoms with E-state index in [-0.39, 0.29) is 17.4 Å². The summed E-state index contributed by atoms with van der Waals surface area (Å²) in [5.41, 5.74) is 13.3. The van der Waals surface area contributed by atoms with Gasteiger partial charge in [-0.15, -0.1) is 0 Å². The Morgan fingerprint density at radius 2 is 1.91 bits per heavy atom. The summed E-state index contributed by atoms with van der Waals surface area (Å²) >= 11 is 6.09. The Kier molecular flexibility index (Phi) is 6.34. The number of hydrogen-bond acceptors (Lipinski definition) is 5. The Morgan fingerprint density at radius 1 is 1.19 bits per heavy atom. The summed E-state index contributed by atoms with van der Waals surface area (Å²) in [5.74, 6) is -0.609. The third-order valence-electron chi connectivity index (χ3n) is 6.06. The van der Waals surface area contributed by atoms with E-state index in [1.807, 2.05) is 24.3 Å². The van der Waals surface area contributed by atoms with Crippen molar-refractivity contribution >= 4 is 34.7 Å². The number of benzene rings is 2. The van der Waals surface area contributed by atoms with E-state index < -0.39 is 11.4 Å². The predicted molar refractivity (Wildman–Crippen MR) is 125 cm³/mol. The summed E-state index contributed by atoms with van der Waals surface area (Å²) in [7, 11) is 0. The quantitative estimate of drug-likeness (QED) is 0.425. The molecule has 9 heteroatoms. The second kappa shape index (κ2) is 9.18. The van der Waals surface area contributed by atoms with Gasteiger partial charge in [0.15, 0.2) is 5.82 Å². The van der Waals surface area contributed by atoms with Gasteiger partial charge in [-0.05, 0) is 68.1 Å². The molecule has 1 amide bonds. The van der Waals surface area contributed by atoms with Gasteiger partial charge >= 0.3 is 0 Å². The Hall–Kier alpha value is -3.10. The van der Waals surface area contributed by atoms with Gasteiger partial charge in [0.05, 0.1) is 5.54 Å². The highest BCUT2D eigenvalue weighted by Gasteiger charge is 2.37. The maximum absolute atomic E-state index is 13.2. The van der Waals surface area contributed by atoms with E-state index in [1.165, 1.54) is 12.1 Å². The second-order valence-electron chi connectivity index (χ2n) is 8.19. The molecule has 3 aromatic rings. The lowest BCUT2D eigenvalue weighted by Gasteiger charge is -2.40. The van der Waals surface area contributed by atoms with Crippen LogP contribution in [0.1, 0.15) is 36.0 Å². The lowest BCUT2D eigenvalue weighted by Crippen LogP contribution is -2.46. The molecule has 0 spiro atoms. The average molecular weight is 457 g/mol. The maximum atomic E-state index is 13.2. The molecule has 2 aromatic carbocycles. The maximum Gasteiger partial charge on any atom is 0.254 e. The third kappa shape index (κ3) is 4.71. The molecule has 7 nitrogen and oxygen atoms in total. The van der Waals surface area contributed by atoms with Gasteiger partial charge in [-0.1, -0.05) is 17.7 Å². The fraction of sp³-hybridized carbons (Fsp3) is 0.304. The minimum absolute atomic E-state index is 0.265. The molecule has 1 aromatic heterocycles. The van der Waals surface area contributed by atoms with Crippen LogP contribution < -0.4 is 22.1 Å². The molecule has 1 fully saturated rings. The molecule has 0 radical (unpaired) electrons. The van der Waals surface area contributed by atoms with Crippen molar-refractivity contribution < 1.29 is 9.18 Å². The van der Waals surface area contributed by atoms with E-state index in [4.69, 9.17) is 23.1 Å². The number of anilines is 3. The summed E-state index contributed by atoms with van der Waals surface area (Å²) in [6.07, 6.45) is 5.01. The van der Waals surface area contributed by atoms with E-state index in [1.54, 1.807) is 23.0 Å². The summed E-state index contributed by atoms with van der Waals surface area (Å²) in [6, 6.07) is 13.8. The first kappa shape index (κ1) is 22.1. The first-order chi connectivity index (χ1) is 15.4. The van der Waals surface area contributed by atoms with Crippen LogP contribution in [0.2, 0.25) is 5.02 Å². The number of nitrogens with one attached hydrogen (secondary N) is 2. The molecule has 1 heterocycles. The minimum Gasteiger partial charge on any atom is -0.382 e. The third-order valence-corrected chi connectivity index (χ3v) is 6.30. The van der Waals surface area contributed by atoms with Gasteiger partial charge in [0.2, 0.25) is 0 Å². The number of amides is 1. The van der Waals surface area contributed by atoms with Crippen molar-refractivity contribution in [1.82, 2.24) is 9.78 Å². The standard InChI is InChI=1S/C23H26ClFN6O/c24-15-2-1-3-19(12-15)28-18-8-10-23(14-26,11-9-18)31-13-20(21(27)32)22(30-31)29-17-6-4-16(25)5-7-17/h1-7,12-13,18,28H,8-11,14,26H2,(H2,27,32)(H,29,30). The molecule has 0 bridgehead atoms. The zero-order valence-electron chi connectivity index (χ0n) is 17.5. The number of primary amides is 1. The van der Waals surface area contributed by atoms with E-state index in [0.29, 0.717) is 23.1 Å². The highest BCUT2D eigenvalue weighted by Crippen LogP contribution is 2.36. The number of hydrogen-bond donors (Lipinski definition) is 4. The molecule has 6 N–H and O–H groups in total. The van der Waals surface area contributed by atoms with E-state index >= 15 is 0 Å². The molecule has 1 aliphatic rings. The van der Waals surface area contributed by atoms with Crippen molar-refractivity contribution in [2.45, 2.75) is 37.3 Å². The van der Waals surface area contributed by atoms with E-state index in [0.717, 1.165) is 31.4 Å². The van der Waals surface area contributed by atoms with Crippen LogP contribution in [0, 0.1) is 5.82 Å². The number of rotatable bonds is 7. The van der Waals surface area contributed by atoms with Gasteiger partial charge < -0.3 is 22.1 Å². The molecule has 4 rings (SSSR count). The van der Waals surface area contributed by atoms with Crippen molar-refractivity contribution in [3.05, 3.63) is 71.1 Å². The molecule has 1 aliphatic carbocycles. The molecule has 0 unspecified atom stereocenters. The summed E-state index contributed by atoms with van der Waals surface area (Å²) in [4.78, 5) is 12.1. The Bertz CT molecular complexity index is 1090. The molecule has 1 saturated carbocycles. The summed E-state index contributed by atoms with van der Waals surface area (Å²) in [5, 5.41) is 11.9. The normalized spacial score (nSPS) is 20.7. The number of aromatic nitrogens is 2. The Labute approximate surface area is 190 Å². The zero-order chi connectivity index (χ0) is 22.7. The number of carbonyl (C=O) groups is 1. The SMILES string of the molecule is NCC1(n2cc(C(N)=O)c(Nc3ccc(F)cc3)n2)CCC(Nc2cccc(Cl)c2)CC1. The summed E-state index contributed by atoms with van der Waals surface area (Å²) in [6.45, 7) is 0.382. The fourth-order valence-corrected chi connectivity index (χ4v) is 4.39. The molecule has 0 saturated heterocycles. The van der Waals surface area contributed by atoms with E-state index in [9.17, 15) is 9.18 Å². The Morgan fingerprint density at radius 3 is 2.53 bits per heavy atom. The van der Waals surface area contributed by atoms with Gasteiger partial charge in [0.25, 0.3) is 5.91 Å². The smallest absolute Gasteiger partial charge is 0.254 e. The first-order valence-corrected chi connectivity index (χ1v) is 10.9. The molecule has 32 heavy (non-hydrogen) atoms. The van der Waals surface area contributed by atoms with Crippen LogP contribution in [0.5, 0.6) is 0 Å².